The highest BCUT2D eigenvalue weighted by atomic mass is 16.4. The van der Waals surface area contributed by atoms with Gasteiger partial charge < -0.3 is 9.52 Å². The Morgan fingerprint density at radius 3 is 2.76 bits per heavy atom. The van der Waals surface area contributed by atoms with E-state index in [1.165, 1.54) is 18.2 Å². The molecule has 0 amide bonds. The number of hydrogen-bond donors (Lipinski definition) is 2. The van der Waals surface area contributed by atoms with Gasteiger partial charge in [-0.1, -0.05) is 0 Å². The second kappa shape index (κ2) is 4.25. The summed E-state index contributed by atoms with van der Waals surface area (Å²) in [5, 5.41) is 8.47. The Bertz CT molecular complexity index is 637. The van der Waals surface area contributed by atoms with E-state index >= 15 is 0 Å². The molecule has 6 nitrogen and oxygen atoms in total. The first-order chi connectivity index (χ1) is 8.06. The molecule has 0 saturated heterocycles. The van der Waals surface area contributed by atoms with Crippen LogP contribution in [-0.4, -0.2) is 21.8 Å². The van der Waals surface area contributed by atoms with Crippen LogP contribution in [0.2, 0.25) is 0 Å². The van der Waals surface area contributed by atoms with Gasteiger partial charge in [0, 0.05) is 12.0 Å². The summed E-state index contributed by atoms with van der Waals surface area (Å²) in [5.41, 5.74) is 1.15. The quantitative estimate of drug-likeness (QED) is 0.774. The number of nitrogens with one attached hydrogen (secondary N) is 1. The molecule has 0 aliphatic carbocycles. The van der Waals surface area contributed by atoms with E-state index in [4.69, 9.17) is 9.52 Å². The van der Waals surface area contributed by atoms with Crippen LogP contribution in [-0.2, 0) is 4.79 Å². The maximum absolute atomic E-state index is 11.6. The number of carboxylic acid groups (broad SMARTS) is 1. The summed E-state index contributed by atoms with van der Waals surface area (Å²) in [7, 11) is 0. The van der Waals surface area contributed by atoms with E-state index < -0.39 is 11.7 Å². The largest absolute Gasteiger partial charge is 0.481 e. The molecule has 6 heteroatoms. The van der Waals surface area contributed by atoms with Crippen LogP contribution in [0, 0.1) is 0 Å². The first-order valence-electron chi connectivity index (χ1n) is 4.94. The Morgan fingerprint density at radius 1 is 1.29 bits per heavy atom. The lowest BCUT2D eigenvalue weighted by Gasteiger charge is -1.98. The summed E-state index contributed by atoms with van der Waals surface area (Å²) in [5.74, 6) is -1.89. The first-order valence-corrected chi connectivity index (χ1v) is 4.94. The molecule has 0 bridgehead atoms. The fraction of sp³-hybridized carbons (Fsp3) is 0.182. The SMILES string of the molecule is O=C(O)CCC(=O)c1ccc2oc(=O)[nH]c2c1. The second-order valence-electron chi connectivity index (χ2n) is 3.54. The molecular formula is C11H9NO5. The summed E-state index contributed by atoms with van der Waals surface area (Å²) < 4.78 is 4.78. The average Bonchev–Trinajstić information content (AvgIpc) is 2.64. The molecule has 2 rings (SSSR count). The lowest BCUT2D eigenvalue weighted by atomic mass is 10.1. The van der Waals surface area contributed by atoms with E-state index in [2.05, 4.69) is 4.98 Å². The number of aliphatic carboxylic acids is 1. The van der Waals surface area contributed by atoms with E-state index in [0.717, 1.165) is 0 Å². The summed E-state index contributed by atoms with van der Waals surface area (Å²) in [6.45, 7) is 0. The standard InChI is InChI=1S/C11H9NO5/c13-8(2-4-10(14)15)6-1-3-9-7(5-6)12-11(16)17-9/h1,3,5H,2,4H2,(H,12,16)(H,14,15). The molecule has 0 unspecified atom stereocenters. The Labute approximate surface area is 94.9 Å². The molecule has 88 valence electrons. The van der Waals surface area contributed by atoms with Crippen molar-refractivity contribution in [3.63, 3.8) is 0 Å². The zero-order chi connectivity index (χ0) is 12.4. The van der Waals surface area contributed by atoms with Gasteiger partial charge in [0.25, 0.3) is 0 Å². The van der Waals surface area contributed by atoms with Crippen LogP contribution in [0.25, 0.3) is 11.1 Å². The second-order valence-corrected chi connectivity index (χ2v) is 3.54. The average molecular weight is 235 g/mol. The lowest BCUT2D eigenvalue weighted by Crippen LogP contribution is -2.03. The number of Topliss-reactive ketones (excluding diaryl/α,β-unsaturated/α-hetero) is 1. The zero-order valence-electron chi connectivity index (χ0n) is 8.73. The number of aromatic nitrogens is 1. The predicted molar refractivity (Wildman–Crippen MR) is 58.0 cm³/mol. The van der Waals surface area contributed by atoms with Gasteiger partial charge in [0.1, 0.15) is 0 Å². The minimum absolute atomic E-state index is 0.0665. The van der Waals surface area contributed by atoms with Crippen LogP contribution in [0.1, 0.15) is 23.2 Å². The number of H-pyrrole nitrogens is 1. The molecule has 0 saturated carbocycles. The molecule has 0 aliphatic heterocycles. The van der Waals surface area contributed by atoms with E-state index in [9.17, 15) is 14.4 Å². The van der Waals surface area contributed by atoms with Gasteiger partial charge in [-0.25, -0.2) is 4.79 Å². The van der Waals surface area contributed by atoms with Crippen molar-refractivity contribution in [1.29, 1.82) is 0 Å². The summed E-state index contributed by atoms with van der Waals surface area (Å²) >= 11 is 0. The van der Waals surface area contributed by atoms with Gasteiger partial charge in [-0.3, -0.25) is 14.6 Å². The monoisotopic (exact) mass is 235 g/mol. The number of carbonyl (C=O) groups excluding carboxylic acids is 1. The van der Waals surface area contributed by atoms with Crippen LogP contribution < -0.4 is 5.76 Å². The fourth-order valence-electron chi connectivity index (χ4n) is 1.49. The van der Waals surface area contributed by atoms with Crippen molar-refractivity contribution in [3.05, 3.63) is 34.3 Å². The number of fused-ring (bicyclic) bond motifs is 1. The van der Waals surface area contributed by atoms with E-state index in [0.29, 0.717) is 16.7 Å². The molecular weight excluding hydrogens is 226 g/mol. The van der Waals surface area contributed by atoms with Crippen molar-refractivity contribution < 1.29 is 19.1 Å². The molecule has 1 heterocycles. The minimum atomic E-state index is -1.02. The molecule has 17 heavy (non-hydrogen) atoms. The Kier molecular flexibility index (Phi) is 2.78. The molecule has 0 fully saturated rings. The Balaban J connectivity index is 2.26. The van der Waals surface area contributed by atoms with Crippen LogP contribution in [0.4, 0.5) is 0 Å². The number of benzene rings is 1. The summed E-state index contributed by atoms with van der Waals surface area (Å²) in [6.07, 6.45) is -0.276. The van der Waals surface area contributed by atoms with Crippen molar-refractivity contribution in [3.8, 4) is 0 Å². The molecule has 1 aromatic carbocycles. The smallest absolute Gasteiger partial charge is 0.417 e. The number of carboxylic acids is 1. The molecule has 2 aromatic rings. The Hall–Kier alpha value is -2.37. The van der Waals surface area contributed by atoms with Crippen LogP contribution >= 0.6 is 0 Å². The molecule has 1 aromatic heterocycles. The third-order valence-electron chi connectivity index (χ3n) is 2.31. The van der Waals surface area contributed by atoms with E-state index in [1.807, 2.05) is 0 Å². The lowest BCUT2D eigenvalue weighted by molar-refractivity contribution is -0.136. The van der Waals surface area contributed by atoms with E-state index in [1.54, 1.807) is 0 Å². The number of hydrogen-bond acceptors (Lipinski definition) is 4. The summed E-state index contributed by atoms with van der Waals surface area (Å²) in [6, 6.07) is 4.48. The molecule has 2 N–H and O–H groups in total. The third kappa shape index (κ3) is 2.41. The number of ketones is 1. The van der Waals surface area contributed by atoms with Gasteiger partial charge in [0.05, 0.1) is 11.9 Å². The van der Waals surface area contributed by atoms with Gasteiger partial charge in [0.15, 0.2) is 11.4 Å². The fourth-order valence-corrected chi connectivity index (χ4v) is 1.49. The van der Waals surface area contributed by atoms with Crippen molar-refractivity contribution in [1.82, 2.24) is 4.98 Å². The van der Waals surface area contributed by atoms with Crippen LogP contribution in [0.15, 0.2) is 27.4 Å². The van der Waals surface area contributed by atoms with Crippen molar-refractivity contribution in [2.24, 2.45) is 0 Å². The molecule has 0 radical (unpaired) electrons. The van der Waals surface area contributed by atoms with Gasteiger partial charge in [-0.15, -0.1) is 0 Å². The normalized spacial score (nSPS) is 10.6. The van der Waals surface area contributed by atoms with Crippen molar-refractivity contribution in [2.45, 2.75) is 12.8 Å². The summed E-state index contributed by atoms with van der Waals surface area (Å²) in [4.78, 5) is 35.3. The molecule has 0 atom stereocenters. The van der Waals surface area contributed by atoms with E-state index in [-0.39, 0.29) is 18.6 Å². The third-order valence-corrected chi connectivity index (χ3v) is 2.31. The molecule has 0 spiro atoms. The minimum Gasteiger partial charge on any atom is -0.481 e. The number of oxazole rings is 1. The van der Waals surface area contributed by atoms with Gasteiger partial charge >= 0.3 is 11.7 Å². The van der Waals surface area contributed by atoms with Crippen molar-refractivity contribution >= 4 is 22.9 Å². The van der Waals surface area contributed by atoms with Crippen LogP contribution in [0.5, 0.6) is 0 Å². The van der Waals surface area contributed by atoms with Gasteiger partial charge in [0.2, 0.25) is 0 Å². The van der Waals surface area contributed by atoms with Gasteiger partial charge in [-0.2, -0.15) is 0 Å². The first kappa shape index (κ1) is 11.1. The van der Waals surface area contributed by atoms with Crippen molar-refractivity contribution in [2.75, 3.05) is 0 Å². The highest BCUT2D eigenvalue weighted by Gasteiger charge is 2.10. The number of rotatable bonds is 4. The van der Waals surface area contributed by atoms with Crippen LogP contribution in [0.3, 0.4) is 0 Å². The zero-order valence-corrected chi connectivity index (χ0v) is 8.73. The van der Waals surface area contributed by atoms with Gasteiger partial charge in [-0.05, 0) is 18.2 Å². The maximum Gasteiger partial charge on any atom is 0.417 e. The maximum atomic E-state index is 11.6. The highest BCUT2D eigenvalue weighted by molar-refractivity contribution is 5.99. The topological polar surface area (TPSA) is 100 Å². The number of aromatic amines is 1. The predicted octanol–water partition coefficient (Wildman–Crippen LogP) is 1.17. The highest BCUT2D eigenvalue weighted by Crippen LogP contribution is 2.14. The number of carbonyl (C=O) groups is 2. The molecule has 0 aliphatic rings. The Morgan fingerprint density at radius 2 is 2.06 bits per heavy atom.